The molecular formula is C39H27N3. The Hall–Kier alpha value is -5.67. The second kappa shape index (κ2) is 11.4. The number of nitrogens with zero attached hydrogens (tertiary/aromatic N) is 3. The Morgan fingerprint density at radius 2 is 0.619 bits per heavy atom. The predicted octanol–water partition coefficient (Wildman–Crippen LogP) is 9.87. The molecule has 0 aliphatic rings. The maximum absolute atomic E-state index is 4.96. The van der Waals surface area contributed by atoms with Crippen LogP contribution >= 0.6 is 0 Å². The highest BCUT2D eigenvalue weighted by Gasteiger charge is 2.11. The van der Waals surface area contributed by atoms with Crippen molar-refractivity contribution >= 4 is 0 Å². The molecule has 0 unspecified atom stereocenters. The molecule has 0 radical (unpaired) electrons. The zero-order valence-electron chi connectivity index (χ0n) is 22.9. The number of rotatable bonds is 6. The van der Waals surface area contributed by atoms with Crippen LogP contribution in [0.3, 0.4) is 0 Å². The molecule has 42 heavy (non-hydrogen) atoms. The first-order chi connectivity index (χ1) is 20.8. The Labute approximate surface area is 245 Å². The minimum Gasteiger partial charge on any atom is -0.265 e. The molecule has 0 amide bonds. The Morgan fingerprint density at radius 1 is 0.286 bits per heavy atom. The molecule has 7 aromatic rings. The van der Waals surface area contributed by atoms with Gasteiger partial charge in [0.05, 0.1) is 11.4 Å². The van der Waals surface area contributed by atoms with E-state index in [1.54, 1.807) is 0 Å². The van der Waals surface area contributed by atoms with Crippen molar-refractivity contribution in [3.8, 4) is 67.3 Å². The molecule has 0 fully saturated rings. The molecule has 2 heterocycles. The van der Waals surface area contributed by atoms with Crippen LogP contribution in [-0.2, 0) is 0 Å². The van der Waals surface area contributed by atoms with Crippen molar-refractivity contribution in [2.24, 2.45) is 0 Å². The first kappa shape index (κ1) is 25.3. The van der Waals surface area contributed by atoms with Crippen molar-refractivity contribution in [3.63, 3.8) is 0 Å². The topological polar surface area (TPSA) is 38.7 Å². The summed E-state index contributed by atoms with van der Waals surface area (Å²) in [6.45, 7) is 0. The standard InChI is InChI=1S/C39H27N3/c1-3-7-34(8-4-1)37-27-38(42-39(41-37)36-9-5-2-6-10-36)35-21-19-31(20-22-35)30-13-11-28(12-14-30)29-15-17-32(18-16-29)33-23-25-40-26-24-33/h1-27H. The van der Waals surface area contributed by atoms with E-state index < -0.39 is 0 Å². The summed E-state index contributed by atoms with van der Waals surface area (Å²) in [6, 6.07) is 52.6. The van der Waals surface area contributed by atoms with Crippen molar-refractivity contribution in [1.29, 1.82) is 0 Å². The Balaban J connectivity index is 1.15. The van der Waals surface area contributed by atoms with Crippen LogP contribution in [-0.4, -0.2) is 15.0 Å². The van der Waals surface area contributed by atoms with Gasteiger partial charge in [0.25, 0.3) is 0 Å². The van der Waals surface area contributed by atoms with Crippen molar-refractivity contribution in [1.82, 2.24) is 15.0 Å². The van der Waals surface area contributed by atoms with Crippen LogP contribution in [0.15, 0.2) is 164 Å². The van der Waals surface area contributed by atoms with Crippen molar-refractivity contribution in [3.05, 3.63) is 164 Å². The fourth-order valence-electron chi connectivity index (χ4n) is 5.16. The molecule has 0 bridgehead atoms. The van der Waals surface area contributed by atoms with Crippen LogP contribution in [0, 0.1) is 0 Å². The zero-order valence-corrected chi connectivity index (χ0v) is 22.9. The van der Waals surface area contributed by atoms with Crippen molar-refractivity contribution < 1.29 is 0 Å². The van der Waals surface area contributed by atoms with Gasteiger partial charge < -0.3 is 0 Å². The molecule has 7 rings (SSSR count). The van der Waals surface area contributed by atoms with Gasteiger partial charge in [0, 0.05) is 29.1 Å². The summed E-state index contributed by atoms with van der Waals surface area (Å²) in [5, 5.41) is 0. The SMILES string of the molecule is c1ccc(-c2cc(-c3ccc(-c4ccc(-c5ccc(-c6ccncc6)cc5)cc4)cc3)nc(-c3ccccc3)n2)cc1. The summed E-state index contributed by atoms with van der Waals surface area (Å²) in [5.74, 6) is 0.723. The number of pyridine rings is 1. The second-order valence-electron chi connectivity index (χ2n) is 10.2. The van der Waals surface area contributed by atoms with E-state index in [1.807, 2.05) is 60.9 Å². The average molecular weight is 538 g/mol. The van der Waals surface area contributed by atoms with Crippen molar-refractivity contribution in [2.75, 3.05) is 0 Å². The van der Waals surface area contributed by atoms with Crippen LogP contribution in [0.25, 0.3) is 67.3 Å². The highest BCUT2D eigenvalue weighted by molar-refractivity contribution is 5.76. The van der Waals surface area contributed by atoms with E-state index in [0.717, 1.165) is 33.9 Å². The summed E-state index contributed by atoms with van der Waals surface area (Å²) in [4.78, 5) is 14.0. The Morgan fingerprint density at radius 3 is 1.05 bits per heavy atom. The van der Waals surface area contributed by atoms with Crippen LogP contribution in [0.5, 0.6) is 0 Å². The van der Waals surface area contributed by atoms with Crippen LogP contribution < -0.4 is 0 Å². The molecule has 3 heteroatoms. The van der Waals surface area contributed by atoms with Gasteiger partial charge in [-0.1, -0.05) is 133 Å². The van der Waals surface area contributed by atoms with E-state index in [9.17, 15) is 0 Å². The molecule has 0 atom stereocenters. The maximum Gasteiger partial charge on any atom is 0.160 e. The minimum absolute atomic E-state index is 0.723. The minimum atomic E-state index is 0.723. The lowest BCUT2D eigenvalue weighted by atomic mass is 9.97. The molecule has 0 aliphatic heterocycles. The summed E-state index contributed by atoms with van der Waals surface area (Å²) in [6.07, 6.45) is 3.65. The quantitative estimate of drug-likeness (QED) is 0.212. The van der Waals surface area contributed by atoms with E-state index >= 15 is 0 Å². The largest absolute Gasteiger partial charge is 0.265 e. The third-order valence-corrected chi connectivity index (χ3v) is 7.46. The Bertz CT molecular complexity index is 1860. The number of hydrogen-bond acceptors (Lipinski definition) is 3. The van der Waals surface area contributed by atoms with Gasteiger partial charge in [-0.25, -0.2) is 9.97 Å². The molecular weight excluding hydrogens is 510 g/mol. The smallest absolute Gasteiger partial charge is 0.160 e. The maximum atomic E-state index is 4.96. The lowest BCUT2D eigenvalue weighted by molar-refractivity contribution is 1.18. The summed E-state index contributed by atoms with van der Waals surface area (Å²) < 4.78 is 0. The summed E-state index contributed by atoms with van der Waals surface area (Å²) in [7, 11) is 0. The fourth-order valence-corrected chi connectivity index (χ4v) is 5.16. The van der Waals surface area contributed by atoms with Crippen LogP contribution in [0.4, 0.5) is 0 Å². The van der Waals surface area contributed by atoms with Gasteiger partial charge >= 0.3 is 0 Å². The highest BCUT2D eigenvalue weighted by Crippen LogP contribution is 2.31. The molecule has 5 aromatic carbocycles. The number of hydrogen-bond donors (Lipinski definition) is 0. The fraction of sp³-hybridized carbons (Fsp3) is 0. The predicted molar refractivity (Wildman–Crippen MR) is 172 cm³/mol. The molecule has 3 nitrogen and oxygen atoms in total. The third-order valence-electron chi connectivity index (χ3n) is 7.46. The highest BCUT2D eigenvalue weighted by atomic mass is 14.9. The summed E-state index contributed by atoms with van der Waals surface area (Å²) in [5.41, 5.74) is 12.0. The molecule has 2 aromatic heterocycles. The molecule has 0 N–H and O–H groups in total. The average Bonchev–Trinajstić information content (AvgIpc) is 3.09. The van der Waals surface area contributed by atoms with Gasteiger partial charge in [-0.2, -0.15) is 0 Å². The molecule has 198 valence electrons. The molecule has 0 saturated heterocycles. The number of benzene rings is 5. The normalized spacial score (nSPS) is 10.9. The van der Waals surface area contributed by atoms with Crippen LogP contribution in [0.1, 0.15) is 0 Å². The van der Waals surface area contributed by atoms with Crippen LogP contribution in [0.2, 0.25) is 0 Å². The van der Waals surface area contributed by atoms with Gasteiger partial charge in [-0.05, 0) is 51.6 Å². The summed E-state index contributed by atoms with van der Waals surface area (Å²) >= 11 is 0. The second-order valence-corrected chi connectivity index (χ2v) is 10.2. The first-order valence-corrected chi connectivity index (χ1v) is 14.0. The third kappa shape index (κ3) is 5.36. The van der Waals surface area contributed by atoms with E-state index in [2.05, 4.69) is 108 Å². The van der Waals surface area contributed by atoms with Crippen molar-refractivity contribution in [2.45, 2.75) is 0 Å². The van der Waals surface area contributed by atoms with E-state index in [0.29, 0.717) is 0 Å². The number of aromatic nitrogens is 3. The monoisotopic (exact) mass is 537 g/mol. The van der Waals surface area contributed by atoms with E-state index in [4.69, 9.17) is 9.97 Å². The van der Waals surface area contributed by atoms with Gasteiger partial charge in [-0.3, -0.25) is 4.98 Å². The lowest BCUT2D eigenvalue weighted by Crippen LogP contribution is -1.95. The first-order valence-electron chi connectivity index (χ1n) is 14.0. The lowest BCUT2D eigenvalue weighted by Gasteiger charge is -2.10. The van der Waals surface area contributed by atoms with Gasteiger partial charge in [-0.15, -0.1) is 0 Å². The van der Waals surface area contributed by atoms with E-state index in [1.165, 1.54) is 33.4 Å². The van der Waals surface area contributed by atoms with Gasteiger partial charge in [0.15, 0.2) is 5.82 Å². The van der Waals surface area contributed by atoms with Gasteiger partial charge in [0.1, 0.15) is 0 Å². The van der Waals surface area contributed by atoms with Gasteiger partial charge in [0.2, 0.25) is 0 Å². The zero-order chi connectivity index (χ0) is 28.1. The molecule has 0 aliphatic carbocycles. The van der Waals surface area contributed by atoms with E-state index in [-0.39, 0.29) is 0 Å². The Kier molecular flexibility index (Phi) is 6.89. The molecule has 0 saturated carbocycles. The molecule has 0 spiro atoms.